The molecule has 1 N–H and O–H groups in total. The maximum Gasteiger partial charge on any atom is 0.338 e. The molecule has 132 valence electrons. The van der Waals surface area contributed by atoms with Gasteiger partial charge in [0.15, 0.2) is 0 Å². The number of carbonyl (C=O) groups is 2. The molecule has 0 unspecified atom stereocenters. The van der Waals surface area contributed by atoms with E-state index in [1.807, 2.05) is 26.0 Å². The first-order chi connectivity index (χ1) is 11.9. The van der Waals surface area contributed by atoms with Gasteiger partial charge in [-0.05, 0) is 54.8 Å². The normalized spacial score (nSPS) is 10.2. The molecule has 0 atom stereocenters. The minimum atomic E-state index is -0.393. The van der Waals surface area contributed by atoms with Crippen molar-refractivity contribution in [2.24, 2.45) is 0 Å². The Bertz CT molecular complexity index is 718. The number of ether oxygens (including phenoxy) is 2. The third-order valence-corrected chi connectivity index (χ3v) is 3.51. The van der Waals surface area contributed by atoms with Crippen molar-refractivity contribution in [2.75, 3.05) is 13.2 Å². The van der Waals surface area contributed by atoms with Gasteiger partial charge in [0.05, 0.1) is 5.56 Å². The summed E-state index contributed by atoms with van der Waals surface area (Å²) in [4.78, 5) is 22.9. The quantitative estimate of drug-likeness (QED) is 0.620. The SMILES string of the molecule is CC(=O)NCc1ccc(C(=O)OCCOc2cc(C)cc(C)c2)cc1. The highest BCUT2D eigenvalue weighted by atomic mass is 16.6. The van der Waals surface area contributed by atoms with Crippen molar-refractivity contribution in [3.8, 4) is 5.75 Å². The van der Waals surface area contributed by atoms with E-state index in [1.54, 1.807) is 24.3 Å². The van der Waals surface area contributed by atoms with Crippen LogP contribution in [0, 0.1) is 13.8 Å². The summed E-state index contributed by atoms with van der Waals surface area (Å²) in [5.74, 6) is 0.290. The number of nitrogens with one attached hydrogen (secondary N) is 1. The topological polar surface area (TPSA) is 64.6 Å². The molecule has 0 bridgehead atoms. The molecule has 2 aromatic rings. The third-order valence-electron chi connectivity index (χ3n) is 3.51. The molecule has 2 rings (SSSR count). The number of carbonyl (C=O) groups excluding carboxylic acids is 2. The predicted octanol–water partition coefficient (Wildman–Crippen LogP) is 3.18. The van der Waals surface area contributed by atoms with E-state index >= 15 is 0 Å². The first-order valence-corrected chi connectivity index (χ1v) is 8.15. The summed E-state index contributed by atoms with van der Waals surface area (Å²) in [6.07, 6.45) is 0. The number of hydrogen-bond acceptors (Lipinski definition) is 4. The van der Waals surface area contributed by atoms with Crippen molar-refractivity contribution in [2.45, 2.75) is 27.3 Å². The fourth-order valence-corrected chi connectivity index (χ4v) is 2.38. The van der Waals surface area contributed by atoms with Gasteiger partial charge in [-0.3, -0.25) is 4.79 Å². The van der Waals surface area contributed by atoms with Crippen LogP contribution in [0.25, 0.3) is 0 Å². The number of benzene rings is 2. The Hall–Kier alpha value is -2.82. The molecule has 0 aliphatic heterocycles. The average molecular weight is 341 g/mol. The first kappa shape index (κ1) is 18.5. The van der Waals surface area contributed by atoms with Gasteiger partial charge in [-0.1, -0.05) is 18.2 Å². The lowest BCUT2D eigenvalue weighted by Gasteiger charge is -2.09. The molecule has 0 saturated carbocycles. The molecule has 0 saturated heterocycles. The number of rotatable bonds is 7. The molecule has 25 heavy (non-hydrogen) atoms. The van der Waals surface area contributed by atoms with Crippen molar-refractivity contribution in [3.05, 3.63) is 64.7 Å². The monoisotopic (exact) mass is 341 g/mol. The van der Waals surface area contributed by atoms with E-state index in [2.05, 4.69) is 11.4 Å². The predicted molar refractivity (Wildman–Crippen MR) is 95.7 cm³/mol. The summed E-state index contributed by atoms with van der Waals surface area (Å²) in [7, 11) is 0. The van der Waals surface area contributed by atoms with Gasteiger partial charge in [0.1, 0.15) is 19.0 Å². The molecule has 1 amide bonds. The minimum Gasteiger partial charge on any atom is -0.490 e. The first-order valence-electron chi connectivity index (χ1n) is 8.15. The minimum absolute atomic E-state index is 0.0905. The van der Waals surface area contributed by atoms with E-state index < -0.39 is 5.97 Å². The highest BCUT2D eigenvalue weighted by Gasteiger charge is 2.07. The summed E-state index contributed by atoms with van der Waals surface area (Å²) in [5.41, 5.74) is 3.65. The lowest BCUT2D eigenvalue weighted by Crippen LogP contribution is -2.19. The molecule has 5 nitrogen and oxygen atoms in total. The average Bonchev–Trinajstić information content (AvgIpc) is 2.56. The maximum absolute atomic E-state index is 12.0. The van der Waals surface area contributed by atoms with Gasteiger partial charge in [0, 0.05) is 13.5 Å². The second-order valence-electron chi connectivity index (χ2n) is 5.91. The maximum atomic E-state index is 12.0. The van der Waals surface area contributed by atoms with Crippen LogP contribution in [0.5, 0.6) is 5.75 Å². The zero-order valence-corrected chi connectivity index (χ0v) is 14.8. The molecule has 0 aliphatic carbocycles. The van der Waals surface area contributed by atoms with Gasteiger partial charge >= 0.3 is 5.97 Å². The molecule has 5 heteroatoms. The summed E-state index contributed by atoms with van der Waals surface area (Å²) < 4.78 is 10.8. The van der Waals surface area contributed by atoms with Crippen molar-refractivity contribution in [1.82, 2.24) is 5.32 Å². The van der Waals surface area contributed by atoms with E-state index in [9.17, 15) is 9.59 Å². The second-order valence-corrected chi connectivity index (χ2v) is 5.91. The summed E-state index contributed by atoms with van der Waals surface area (Å²) in [6, 6.07) is 12.9. The number of amides is 1. The van der Waals surface area contributed by atoms with E-state index in [0.29, 0.717) is 18.7 Å². The van der Waals surface area contributed by atoms with Crippen LogP contribution < -0.4 is 10.1 Å². The highest BCUT2D eigenvalue weighted by molar-refractivity contribution is 5.89. The van der Waals surface area contributed by atoms with Crippen molar-refractivity contribution in [1.29, 1.82) is 0 Å². The highest BCUT2D eigenvalue weighted by Crippen LogP contribution is 2.16. The zero-order valence-electron chi connectivity index (χ0n) is 14.8. The van der Waals surface area contributed by atoms with Crippen molar-refractivity contribution in [3.63, 3.8) is 0 Å². The van der Waals surface area contributed by atoms with Crippen LogP contribution in [-0.2, 0) is 16.1 Å². The Balaban J connectivity index is 1.77. The molecule has 0 spiro atoms. The lowest BCUT2D eigenvalue weighted by molar-refractivity contribution is -0.119. The Morgan fingerprint density at radius 3 is 2.20 bits per heavy atom. The zero-order chi connectivity index (χ0) is 18.2. The van der Waals surface area contributed by atoms with Crippen LogP contribution in [0.15, 0.2) is 42.5 Å². The van der Waals surface area contributed by atoms with E-state index in [0.717, 1.165) is 22.4 Å². The molecule has 0 aliphatic rings. The van der Waals surface area contributed by atoms with Gasteiger partial charge in [0.2, 0.25) is 5.91 Å². The van der Waals surface area contributed by atoms with Gasteiger partial charge < -0.3 is 14.8 Å². The number of aryl methyl sites for hydroxylation is 2. The van der Waals surface area contributed by atoms with Crippen LogP contribution in [-0.4, -0.2) is 25.1 Å². The summed E-state index contributed by atoms with van der Waals surface area (Å²) in [6.45, 7) is 6.40. The van der Waals surface area contributed by atoms with Gasteiger partial charge in [-0.15, -0.1) is 0 Å². The standard InChI is InChI=1S/C20H23NO4/c1-14-10-15(2)12-19(11-14)24-8-9-25-20(23)18-6-4-17(5-7-18)13-21-16(3)22/h4-7,10-12H,8-9,13H2,1-3H3,(H,21,22). The molecular formula is C20H23NO4. The lowest BCUT2D eigenvalue weighted by atomic mass is 10.1. The van der Waals surface area contributed by atoms with E-state index in [-0.39, 0.29) is 12.5 Å². The van der Waals surface area contributed by atoms with E-state index in [1.165, 1.54) is 6.92 Å². The van der Waals surface area contributed by atoms with Gasteiger partial charge in [-0.25, -0.2) is 4.79 Å². The van der Waals surface area contributed by atoms with E-state index in [4.69, 9.17) is 9.47 Å². The van der Waals surface area contributed by atoms with Crippen LogP contribution in [0.1, 0.15) is 34.0 Å². The van der Waals surface area contributed by atoms with Crippen LogP contribution in [0.3, 0.4) is 0 Å². The van der Waals surface area contributed by atoms with Gasteiger partial charge in [-0.2, -0.15) is 0 Å². The largest absolute Gasteiger partial charge is 0.490 e. The van der Waals surface area contributed by atoms with Crippen LogP contribution >= 0.6 is 0 Å². The number of hydrogen-bond donors (Lipinski definition) is 1. The summed E-state index contributed by atoms with van der Waals surface area (Å²) >= 11 is 0. The third kappa shape index (κ3) is 6.30. The van der Waals surface area contributed by atoms with Crippen LogP contribution in [0.2, 0.25) is 0 Å². The molecule has 2 aromatic carbocycles. The second kappa shape index (κ2) is 8.87. The fourth-order valence-electron chi connectivity index (χ4n) is 2.38. The fraction of sp³-hybridized carbons (Fsp3) is 0.300. The molecule has 0 aromatic heterocycles. The number of esters is 1. The molecule has 0 radical (unpaired) electrons. The molecular weight excluding hydrogens is 318 g/mol. The Morgan fingerprint density at radius 2 is 1.60 bits per heavy atom. The molecule has 0 fully saturated rings. The van der Waals surface area contributed by atoms with Gasteiger partial charge in [0.25, 0.3) is 0 Å². The Kier molecular flexibility index (Phi) is 6.57. The summed E-state index contributed by atoms with van der Waals surface area (Å²) in [5, 5.41) is 2.70. The Labute approximate surface area is 148 Å². The van der Waals surface area contributed by atoms with Crippen molar-refractivity contribution < 1.29 is 19.1 Å². The molecule has 0 heterocycles. The Morgan fingerprint density at radius 1 is 0.960 bits per heavy atom. The smallest absolute Gasteiger partial charge is 0.338 e. The van der Waals surface area contributed by atoms with Crippen LogP contribution in [0.4, 0.5) is 0 Å². The van der Waals surface area contributed by atoms with Crippen molar-refractivity contribution >= 4 is 11.9 Å².